The average molecular weight is 478 g/mol. The molecule has 36 heavy (non-hydrogen) atoms. The number of nitriles is 1. The van der Waals surface area contributed by atoms with Crippen molar-refractivity contribution in [2.45, 2.75) is 19.9 Å². The number of rotatable bonds is 5. The zero-order chi connectivity index (χ0) is 24.9. The van der Waals surface area contributed by atoms with E-state index in [1.165, 1.54) is 5.56 Å². The van der Waals surface area contributed by atoms with Crippen LogP contribution >= 0.6 is 0 Å². The third-order valence-corrected chi connectivity index (χ3v) is 6.54. The van der Waals surface area contributed by atoms with Crippen molar-refractivity contribution in [3.8, 4) is 29.0 Å². The van der Waals surface area contributed by atoms with Gasteiger partial charge in [0.05, 0.1) is 11.6 Å². The smallest absolute Gasteiger partial charge is 0.253 e. The summed E-state index contributed by atoms with van der Waals surface area (Å²) in [4.78, 5) is 17.5. The lowest BCUT2D eigenvalue weighted by molar-refractivity contribution is 0.0761. The molecule has 0 saturated carbocycles. The summed E-state index contributed by atoms with van der Waals surface area (Å²) in [5, 5.41) is 17.4. The Labute approximate surface area is 210 Å². The molecule has 180 valence electrons. The molecule has 1 saturated heterocycles. The van der Waals surface area contributed by atoms with Gasteiger partial charge in [0.2, 0.25) is 11.8 Å². The van der Waals surface area contributed by atoms with Crippen LogP contribution in [0.4, 0.5) is 0 Å². The molecule has 3 aromatic carbocycles. The highest BCUT2D eigenvalue weighted by Gasteiger charge is 2.21. The quantitative estimate of drug-likeness (QED) is 0.405. The van der Waals surface area contributed by atoms with E-state index in [0.29, 0.717) is 29.5 Å². The van der Waals surface area contributed by atoms with Crippen molar-refractivity contribution in [1.82, 2.24) is 20.0 Å². The van der Waals surface area contributed by atoms with Gasteiger partial charge < -0.3 is 9.32 Å². The van der Waals surface area contributed by atoms with Crippen LogP contribution in [0, 0.1) is 18.3 Å². The second-order valence-electron chi connectivity index (χ2n) is 9.04. The first-order chi connectivity index (χ1) is 17.6. The lowest BCUT2D eigenvalue weighted by atomic mass is 10.1. The molecule has 0 N–H and O–H groups in total. The maximum Gasteiger partial charge on any atom is 0.253 e. The fraction of sp³-hybridized carbons (Fsp3) is 0.241. The Morgan fingerprint density at radius 2 is 1.67 bits per heavy atom. The lowest BCUT2D eigenvalue weighted by Crippen LogP contribution is -2.35. The van der Waals surface area contributed by atoms with Crippen molar-refractivity contribution in [2.24, 2.45) is 0 Å². The van der Waals surface area contributed by atoms with E-state index >= 15 is 0 Å². The Kier molecular flexibility index (Phi) is 6.87. The van der Waals surface area contributed by atoms with Crippen LogP contribution in [-0.2, 0) is 6.54 Å². The predicted octanol–water partition coefficient (Wildman–Crippen LogP) is 4.93. The van der Waals surface area contributed by atoms with Crippen molar-refractivity contribution < 1.29 is 9.21 Å². The molecule has 1 aliphatic heterocycles. The molecule has 5 rings (SSSR count). The number of hydrogen-bond donors (Lipinski definition) is 0. The summed E-state index contributed by atoms with van der Waals surface area (Å²) in [6.07, 6.45) is 0.920. The molecule has 1 aliphatic rings. The maximum atomic E-state index is 13.2. The molecular weight excluding hydrogens is 450 g/mol. The summed E-state index contributed by atoms with van der Waals surface area (Å²) in [6, 6.07) is 25.1. The molecule has 0 bridgehead atoms. The summed E-state index contributed by atoms with van der Waals surface area (Å²) in [5.41, 5.74) is 5.26. The predicted molar refractivity (Wildman–Crippen MR) is 137 cm³/mol. The summed E-state index contributed by atoms with van der Waals surface area (Å²) in [5.74, 6) is 0.951. The SMILES string of the molecule is Cc1ccccc1-c1nnc(-c2ccc(C(=O)N3CCCN(Cc4ccc(C#N)cc4)CC3)cc2)o1. The molecule has 1 fully saturated rings. The number of benzene rings is 3. The highest BCUT2D eigenvalue weighted by Crippen LogP contribution is 2.26. The van der Waals surface area contributed by atoms with Crippen molar-refractivity contribution >= 4 is 5.91 Å². The zero-order valence-electron chi connectivity index (χ0n) is 20.2. The lowest BCUT2D eigenvalue weighted by Gasteiger charge is -2.22. The first kappa shape index (κ1) is 23.5. The van der Waals surface area contributed by atoms with Crippen LogP contribution in [0.5, 0.6) is 0 Å². The van der Waals surface area contributed by atoms with E-state index in [1.807, 2.05) is 84.6 Å². The fourth-order valence-corrected chi connectivity index (χ4v) is 4.47. The van der Waals surface area contributed by atoms with Gasteiger partial charge in [0, 0.05) is 49.4 Å². The molecule has 0 unspecified atom stereocenters. The third kappa shape index (κ3) is 5.19. The Morgan fingerprint density at radius 1 is 0.917 bits per heavy atom. The van der Waals surface area contributed by atoms with Gasteiger partial charge in [-0.15, -0.1) is 10.2 Å². The van der Waals surface area contributed by atoms with Gasteiger partial charge in [-0.25, -0.2) is 0 Å². The Bertz CT molecular complexity index is 1390. The van der Waals surface area contributed by atoms with Crippen molar-refractivity contribution in [3.05, 3.63) is 95.1 Å². The first-order valence-electron chi connectivity index (χ1n) is 12.1. The normalized spacial score (nSPS) is 14.3. The minimum atomic E-state index is 0.0351. The van der Waals surface area contributed by atoms with E-state index in [1.54, 1.807) is 0 Å². The standard InChI is InChI=1S/C29H27N5O2/c1-21-5-2-3-6-26(21)28-32-31-27(36-28)24-11-13-25(14-12-24)29(35)34-16-4-15-33(17-18-34)20-23-9-7-22(19-30)8-10-23/h2-3,5-14H,4,15-18,20H2,1H3. The molecule has 7 heteroatoms. The van der Waals surface area contributed by atoms with Gasteiger partial charge in [0.25, 0.3) is 5.91 Å². The van der Waals surface area contributed by atoms with Gasteiger partial charge in [0.1, 0.15) is 0 Å². The number of amides is 1. The monoisotopic (exact) mass is 477 g/mol. The molecule has 0 aliphatic carbocycles. The Morgan fingerprint density at radius 3 is 2.42 bits per heavy atom. The minimum Gasteiger partial charge on any atom is -0.416 e. The van der Waals surface area contributed by atoms with E-state index in [0.717, 1.165) is 49.3 Å². The zero-order valence-corrected chi connectivity index (χ0v) is 20.2. The summed E-state index contributed by atoms with van der Waals surface area (Å²) in [6.45, 7) is 5.98. The van der Waals surface area contributed by atoms with Gasteiger partial charge in [0.15, 0.2) is 0 Å². The first-order valence-corrected chi connectivity index (χ1v) is 12.1. The Hall–Kier alpha value is -4.28. The number of carbonyl (C=O) groups is 1. The molecule has 1 amide bonds. The van der Waals surface area contributed by atoms with Gasteiger partial charge in [-0.05, 0) is 66.9 Å². The highest BCUT2D eigenvalue weighted by atomic mass is 16.4. The molecule has 7 nitrogen and oxygen atoms in total. The van der Waals surface area contributed by atoms with Crippen LogP contribution in [0.15, 0.2) is 77.2 Å². The highest BCUT2D eigenvalue weighted by molar-refractivity contribution is 5.94. The molecule has 0 spiro atoms. The average Bonchev–Trinajstić information content (AvgIpc) is 3.29. The van der Waals surface area contributed by atoms with Crippen LogP contribution in [-0.4, -0.2) is 52.1 Å². The molecule has 0 atom stereocenters. The molecule has 2 heterocycles. The molecule has 0 radical (unpaired) electrons. The van der Waals surface area contributed by atoms with Gasteiger partial charge in [-0.1, -0.05) is 30.3 Å². The molecule has 1 aromatic heterocycles. The number of aromatic nitrogens is 2. The third-order valence-electron chi connectivity index (χ3n) is 6.54. The number of aryl methyl sites for hydroxylation is 1. The largest absolute Gasteiger partial charge is 0.416 e. The van der Waals surface area contributed by atoms with E-state index in [-0.39, 0.29) is 5.91 Å². The maximum absolute atomic E-state index is 13.2. The number of carbonyl (C=O) groups excluding carboxylic acids is 1. The van der Waals surface area contributed by atoms with Crippen molar-refractivity contribution in [2.75, 3.05) is 26.2 Å². The van der Waals surface area contributed by atoms with Crippen LogP contribution in [0.3, 0.4) is 0 Å². The summed E-state index contributed by atoms with van der Waals surface area (Å²) >= 11 is 0. The van der Waals surface area contributed by atoms with Crippen molar-refractivity contribution in [3.63, 3.8) is 0 Å². The van der Waals surface area contributed by atoms with E-state index in [4.69, 9.17) is 9.68 Å². The van der Waals surface area contributed by atoms with Crippen LogP contribution in [0.25, 0.3) is 22.9 Å². The molecular formula is C29H27N5O2. The van der Waals surface area contributed by atoms with Crippen LogP contribution in [0.1, 0.15) is 33.5 Å². The van der Waals surface area contributed by atoms with E-state index in [2.05, 4.69) is 21.2 Å². The molecule has 4 aromatic rings. The number of nitrogens with zero attached hydrogens (tertiary/aromatic N) is 5. The van der Waals surface area contributed by atoms with Crippen LogP contribution < -0.4 is 0 Å². The summed E-state index contributed by atoms with van der Waals surface area (Å²) < 4.78 is 5.90. The Balaban J connectivity index is 1.21. The van der Waals surface area contributed by atoms with E-state index in [9.17, 15) is 4.79 Å². The topological polar surface area (TPSA) is 86.3 Å². The second kappa shape index (κ2) is 10.5. The van der Waals surface area contributed by atoms with E-state index < -0.39 is 0 Å². The second-order valence-corrected chi connectivity index (χ2v) is 9.04. The van der Waals surface area contributed by atoms with Gasteiger partial charge in [-0.2, -0.15) is 5.26 Å². The fourth-order valence-electron chi connectivity index (χ4n) is 4.47. The summed E-state index contributed by atoms with van der Waals surface area (Å²) in [7, 11) is 0. The van der Waals surface area contributed by atoms with Crippen molar-refractivity contribution in [1.29, 1.82) is 5.26 Å². The van der Waals surface area contributed by atoms with Gasteiger partial charge >= 0.3 is 0 Å². The van der Waals surface area contributed by atoms with Gasteiger partial charge in [-0.3, -0.25) is 9.69 Å². The number of hydrogen-bond acceptors (Lipinski definition) is 6. The van der Waals surface area contributed by atoms with Crippen LogP contribution in [0.2, 0.25) is 0 Å². The minimum absolute atomic E-state index is 0.0351.